The Morgan fingerprint density at radius 3 is 2.78 bits per heavy atom. The highest BCUT2D eigenvalue weighted by atomic mass is 16.6. The van der Waals surface area contributed by atoms with Crippen LogP contribution in [0.3, 0.4) is 0 Å². The first-order valence-corrected chi connectivity index (χ1v) is 7.29. The second-order valence-corrected chi connectivity index (χ2v) is 5.26. The average Bonchev–Trinajstić information content (AvgIpc) is 3.20. The smallest absolute Gasteiger partial charge is 0.410 e. The normalized spacial score (nSPS) is 15.3. The van der Waals surface area contributed by atoms with Gasteiger partial charge in [0.05, 0.1) is 18.3 Å². The molecule has 2 aromatic rings. The predicted octanol–water partition coefficient (Wildman–Crippen LogP) is 0.897. The molecule has 1 atom stereocenters. The number of nitrogens with one attached hydrogen (secondary N) is 1. The number of carbonyl (C=O) groups excluding carboxylic acids is 2. The number of benzene rings is 1. The van der Waals surface area contributed by atoms with Crippen LogP contribution in [0.1, 0.15) is 18.5 Å². The molecule has 1 aliphatic rings. The van der Waals surface area contributed by atoms with E-state index < -0.39 is 6.09 Å². The van der Waals surface area contributed by atoms with E-state index in [1.807, 2.05) is 31.2 Å². The van der Waals surface area contributed by atoms with Crippen molar-refractivity contribution in [1.82, 2.24) is 25.0 Å². The summed E-state index contributed by atoms with van der Waals surface area (Å²) in [7, 11) is 0. The Morgan fingerprint density at radius 2 is 2.17 bits per heavy atom. The van der Waals surface area contributed by atoms with Crippen molar-refractivity contribution < 1.29 is 14.3 Å². The van der Waals surface area contributed by atoms with E-state index in [0.29, 0.717) is 13.2 Å². The molecule has 3 rings (SSSR count). The zero-order valence-electron chi connectivity index (χ0n) is 12.7. The molecule has 120 valence electrons. The minimum atomic E-state index is -0.440. The monoisotopic (exact) mass is 315 g/mol. The fourth-order valence-corrected chi connectivity index (χ4v) is 2.37. The van der Waals surface area contributed by atoms with E-state index in [-0.39, 0.29) is 18.5 Å². The van der Waals surface area contributed by atoms with Gasteiger partial charge in [-0.1, -0.05) is 12.1 Å². The van der Waals surface area contributed by atoms with Crippen LogP contribution in [-0.4, -0.2) is 51.4 Å². The first kappa shape index (κ1) is 15.0. The van der Waals surface area contributed by atoms with Crippen LogP contribution in [0, 0.1) is 0 Å². The minimum absolute atomic E-state index is 0.0141. The third-order valence-corrected chi connectivity index (χ3v) is 3.63. The summed E-state index contributed by atoms with van der Waals surface area (Å²) in [6.07, 6.45) is 2.65. The van der Waals surface area contributed by atoms with Crippen molar-refractivity contribution in [2.24, 2.45) is 0 Å². The van der Waals surface area contributed by atoms with Crippen LogP contribution < -0.4 is 5.32 Å². The molecule has 1 N–H and O–H groups in total. The fourth-order valence-electron chi connectivity index (χ4n) is 2.37. The van der Waals surface area contributed by atoms with Crippen molar-refractivity contribution in [2.75, 3.05) is 19.7 Å². The minimum Gasteiger partial charge on any atom is -0.448 e. The molecule has 0 unspecified atom stereocenters. The lowest BCUT2D eigenvalue weighted by Gasteiger charge is -2.17. The second kappa shape index (κ2) is 6.47. The Labute approximate surface area is 133 Å². The molecule has 1 fully saturated rings. The molecule has 2 amide bonds. The van der Waals surface area contributed by atoms with Crippen LogP contribution in [0.5, 0.6) is 0 Å². The number of ether oxygens (including phenoxy) is 1. The molecule has 0 aliphatic carbocycles. The van der Waals surface area contributed by atoms with E-state index in [4.69, 9.17) is 4.74 Å². The summed E-state index contributed by atoms with van der Waals surface area (Å²) in [6.45, 7) is 2.70. The maximum atomic E-state index is 12.0. The van der Waals surface area contributed by atoms with Gasteiger partial charge >= 0.3 is 6.09 Å². The van der Waals surface area contributed by atoms with Crippen LogP contribution in [-0.2, 0) is 9.53 Å². The Hall–Kier alpha value is -2.90. The van der Waals surface area contributed by atoms with E-state index in [2.05, 4.69) is 15.4 Å². The zero-order chi connectivity index (χ0) is 16.2. The molecular formula is C15H17N5O3. The molecule has 1 aliphatic heterocycles. The number of nitrogens with zero attached hydrogens (tertiary/aromatic N) is 4. The molecular weight excluding hydrogens is 298 g/mol. The van der Waals surface area contributed by atoms with Crippen LogP contribution in [0.4, 0.5) is 4.79 Å². The standard InChI is InChI=1S/C15H17N5O3/c1-11(18-14(21)8-19-6-7-23-15(19)22)12-2-4-13(5-3-12)20-10-16-9-17-20/h2-5,9-11H,6-8H2,1H3,(H,18,21)/t11-/m1/s1. The maximum absolute atomic E-state index is 12.0. The van der Waals surface area contributed by atoms with Gasteiger partial charge < -0.3 is 10.1 Å². The van der Waals surface area contributed by atoms with Gasteiger partial charge in [0.15, 0.2) is 0 Å². The highest BCUT2D eigenvalue weighted by Gasteiger charge is 2.24. The zero-order valence-corrected chi connectivity index (χ0v) is 12.7. The number of cyclic esters (lactones) is 1. The second-order valence-electron chi connectivity index (χ2n) is 5.26. The van der Waals surface area contributed by atoms with Crippen LogP contribution in [0.2, 0.25) is 0 Å². The van der Waals surface area contributed by atoms with Crippen molar-refractivity contribution in [1.29, 1.82) is 0 Å². The first-order valence-electron chi connectivity index (χ1n) is 7.29. The average molecular weight is 315 g/mol. The lowest BCUT2D eigenvalue weighted by molar-refractivity contribution is -0.122. The Bertz CT molecular complexity index is 684. The Morgan fingerprint density at radius 1 is 1.39 bits per heavy atom. The van der Waals surface area contributed by atoms with Crippen LogP contribution >= 0.6 is 0 Å². The van der Waals surface area contributed by atoms with Gasteiger partial charge in [0.2, 0.25) is 5.91 Å². The Balaban J connectivity index is 1.58. The SMILES string of the molecule is C[C@@H](NC(=O)CN1CCOC1=O)c1ccc(-n2cncn2)cc1. The summed E-state index contributed by atoms with van der Waals surface area (Å²) in [5.74, 6) is -0.211. The molecule has 8 nitrogen and oxygen atoms in total. The molecule has 2 heterocycles. The van der Waals surface area contributed by atoms with Gasteiger partial charge in [-0.3, -0.25) is 9.69 Å². The highest BCUT2D eigenvalue weighted by molar-refractivity contribution is 5.83. The molecule has 0 bridgehead atoms. The fraction of sp³-hybridized carbons (Fsp3) is 0.333. The van der Waals surface area contributed by atoms with Crippen LogP contribution in [0.25, 0.3) is 5.69 Å². The quantitative estimate of drug-likeness (QED) is 0.885. The van der Waals surface area contributed by atoms with Gasteiger partial charge in [-0.2, -0.15) is 5.10 Å². The van der Waals surface area contributed by atoms with Gasteiger partial charge in [-0.25, -0.2) is 14.5 Å². The molecule has 0 spiro atoms. The summed E-state index contributed by atoms with van der Waals surface area (Å²) in [4.78, 5) is 28.6. The predicted molar refractivity (Wildman–Crippen MR) is 80.8 cm³/mol. The van der Waals surface area contributed by atoms with E-state index in [1.165, 1.54) is 11.2 Å². The van der Waals surface area contributed by atoms with E-state index in [1.54, 1.807) is 11.0 Å². The number of aromatic nitrogens is 3. The molecule has 0 saturated carbocycles. The number of hydrogen-bond acceptors (Lipinski definition) is 5. The number of amides is 2. The summed E-state index contributed by atoms with van der Waals surface area (Å²) in [5, 5.41) is 6.94. The third-order valence-electron chi connectivity index (χ3n) is 3.63. The van der Waals surface area contributed by atoms with Gasteiger partial charge in [0.1, 0.15) is 25.8 Å². The highest BCUT2D eigenvalue weighted by Crippen LogP contribution is 2.15. The third kappa shape index (κ3) is 3.47. The van der Waals surface area contributed by atoms with Gasteiger partial charge in [-0.05, 0) is 24.6 Å². The van der Waals surface area contributed by atoms with Crippen molar-refractivity contribution >= 4 is 12.0 Å². The van der Waals surface area contributed by atoms with Crippen molar-refractivity contribution in [2.45, 2.75) is 13.0 Å². The molecule has 1 aromatic carbocycles. The topological polar surface area (TPSA) is 89.4 Å². The first-order chi connectivity index (χ1) is 11.1. The van der Waals surface area contributed by atoms with E-state index in [9.17, 15) is 9.59 Å². The maximum Gasteiger partial charge on any atom is 0.410 e. The number of hydrogen-bond donors (Lipinski definition) is 1. The van der Waals surface area contributed by atoms with Gasteiger partial charge in [0.25, 0.3) is 0 Å². The van der Waals surface area contributed by atoms with Crippen molar-refractivity contribution in [3.8, 4) is 5.69 Å². The van der Waals surface area contributed by atoms with Gasteiger partial charge in [-0.15, -0.1) is 0 Å². The van der Waals surface area contributed by atoms with Crippen LogP contribution in [0.15, 0.2) is 36.9 Å². The van der Waals surface area contributed by atoms with Crippen molar-refractivity contribution in [3.63, 3.8) is 0 Å². The summed E-state index contributed by atoms with van der Waals surface area (Å²) in [5.41, 5.74) is 1.86. The van der Waals surface area contributed by atoms with Gasteiger partial charge in [0, 0.05) is 0 Å². The largest absolute Gasteiger partial charge is 0.448 e. The summed E-state index contributed by atoms with van der Waals surface area (Å²) < 4.78 is 6.46. The van der Waals surface area contributed by atoms with E-state index in [0.717, 1.165) is 11.3 Å². The molecule has 0 radical (unpaired) electrons. The molecule has 8 heteroatoms. The summed E-state index contributed by atoms with van der Waals surface area (Å²) in [6, 6.07) is 7.50. The van der Waals surface area contributed by atoms with E-state index >= 15 is 0 Å². The number of rotatable bonds is 5. The Kier molecular flexibility index (Phi) is 4.22. The lowest BCUT2D eigenvalue weighted by Crippen LogP contribution is -2.38. The summed E-state index contributed by atoms with van der Waals surface area (Å²) >= 11 is 0. The molecule has 1 aromatic heterocycles. The number of carbonyl (C=O) groups is 2. The lowest BCUT2D eigenvalue weighted by atomic mass is 10.1. The molecule has 1 saturated heterocycles. The van der Waals surface area contributed by atoms with Crippen molar-refractivity contribution in [3.05, 3.63) is 42.5 Å². The molecule has 23 heavy (non-hydrogen) atoms.